The Morgan fingerprint density at radius 2 is 2.38 bits per heavy atom. The highest BCUT2D eigenvalue weighted by molar-refractivity contribution is 5.73. The molecule has 0 N–H and O–H groups in total. The molecule has 0 bridgehead atoms. The summed E-state index contributed by atoms with van der Waals surface area (Å²) in [6, 6.07) is 0. The summed E-state index contributed by atoms with van der Waals surface area (Å²) in [6.07, 6.45) is 5.10. The Labute approximate surface area is 80.0 Å². The number of aldehydes is 1. The molecule has 0 radical (unpaired) electrons. The summed E-state index contributed by atoms with van der Waals surface area (Å²) in [5, 5.41) is 0. The first-order valence-corrected chi connectivity index (χ1v) is 4.88. The lowest BCUT2D eigenvalue weighted by atomic mass is 9.77. The average molecular weight is 182 g/mol. The standard InChI is InChI=1S/C11H18O2/c1-4-13-10-6-5-9(8-12)7-11(10,2)3/h7-8,10H,4-6H2,1-3H3. The van der Waals surface area contributed by atoms with Gasteiger partial charge < -0.3 is 4.74 Å². The van der Waals surface area contributed by atoms with Crippen molar-refractivity contribution in [2.75, 3.05) is 6.61 Å². The van der Waals surface area contributed by atoms with Crippen molar-refractivity contribution in [3.8, 4) is 0 Å². The second kappa shape index (κ2) is 4.05. The van der Waals surface area contributed by atoms with Gasteiger partial charge in [0.1, 0.15) is 6.29 Å². The van der Waals surface area contributed by atoms with Crippen molar-refractivity contribution >= 4 is 6.29 Å². The van der Waals surface area contributed by atoms with E-state index in [2.05, 4.69) is 13.8 Å². The Kier molecular flexibility index (Phi) is 3.26. The lowest BCUT2D eigenvalue weighted by Gasteiger charge is -2.35. The van der Waals surface area contributed by atoms with Gasteiger partial charge in [0.05, 0.1) is 6.10 Å². The molecule has 1 rings (SSSR count). The number of carbonyl (C=O) groups excluding carboxylic acids is 1. The zero-order valence-electron chi connectivity index (χ0n) is 8.67. The first-order chi connectivity index (χ1) is 6.10. The molecular formula is C11H18O2. The van der Waals surface area contributed by atoms with Gasteiger partial charge in [-0.3, -0.25) is 4.79 Å². The Hall–Kier alpha value is -0.630. The maximum atomic E-state index is 10.6. The molecule has 1 unspecified atom stereocenters. The smallest absolute Gasteiger partial charge is 0.145 e. The second-order valence-electron chi connectivity index (χ2n) is 4.14. The van der Waals surface area contributed by atoms with Gasteiger partial charge in [-0.25, -0.2) is 0 Å². The van der Waals surface area contributed by atoms with E-state index < -0.39 is 0 Å². The highest BCUT2D eigenvalue weighted by Gasteiger charge is 2.31. The molecule has 1 aliphatic rings. The summed E-state index contributed by atoms with van der Waals surface area (Å²) >= 11 is 0. The van der Waals surface area contributed by atoms with Gasteiger partial charge in [0.2, 0.25) is 0 Å². The topological polar surface area (TPSA) is 26.3 Å². The van der Waals surface area contributed by atoms with E-state index in [-0.39, 0.29) is 11.5 Å². The van der Waals surface area contributed by atoms with Gasteiger partial charge in [0, 0.05) is 12.0 Å². The molecule has 0 saturated carbocycles. The highest BCUT2D eigenvalue weighted by atomic mass is 16.5. The molecule has 1 aliphatic carbocycles. The van der Waals surface area contributed by atoms with Gasteiger partial charge in [-0.2, -0.15) is 0 Å². The lowest BCUT2D eigenvalue weighted by molar-refractivity contribution is -0.105. The van der Waals surface area contributed by atoms with Crippen molar-refractivity contribution in [1.29, 1.82) is 0 Å². The Balaban J connectivity index is 2.74. The number of carbonyl (C=O) groups is 1. The Morgan fingerprint density at radius 3 is 2.85 bits per heavy atom. The van der Waals surface area contributed by atoms with Gasteiger partial charge >= 0.3 is 0 Å². The number of rotatable bonds is 3. The van der Waals surface area contributed by atoms with Crippen LogP contribution in [0.1, 0.15) is 33.6 Å². The summed E-state index contributed by atoms with van der Waals surface area (Å²) in [4.78, 5) is 10.6. The summed E-state index contributed by atoms with van der Waals surface area (Å²) in [6.45, 7) is 7.00. The summed E-state index contributed by atoms with van der Waals surface area (Å²) < 4.78 is 5.63. The second-order valence-corrected chi connectivity index (χ2v) is 4.14. The molecular weight excluding hydrogens is 164 g/mol. The molecule has 0 heterocycles. The minimum atomic E-state index is 0.00447. The molecule has 0 aromatic heterocycles. The molecule has 2 nitrogen and oxygen atoms in total. The van der Waals surface area contributed by atoms with Crippen LogP contribution < -0.4 is 0 Å². The van der Waals surface area contributed by atoms with Crippen LogP contribution >= 0.6 is 0 Å². The lowest BCUT2D eigenvalue weighted by Crippen LogP contribution is -2.33. The third kappa shape index (κ3) is 2.41. The molecule has 13 heavy (non-hydrogen) atoms. The minimum Gasteiger partial charge on any atom is -0.378 e. The van der Waals surface area contributed by atoms with Crippen LogP contribution in [0.2, 0.25) is 0 Å². The monoisotopic (exact) mass is 182 g/mol. The Bertz CT molecular complexity index is 216. The fraction of sp³-hybridized carbons (Fsp3) is 0.727. The van der Waals surface area contributed by atoms with Crippen LogP contribution in [0.4, 0.5) is 0 Å². The predicted molar refractivity (Wildman–Crippen MR) is 52.6 cm³/mol. The highest BCUT2D eigenvalue weighted by Crippen LogP contribution is 2.34. The van der Waals surface area contributed by atoms with E-state index in [1.807, 2.05) is 13.0 Å². The van der Waals surface area contributed by atoms with Crippen molar-refractivity contribution in [2.45, 2.75) is 39.7 Å². The minimum absolute atomic E-state index is 0.00447. The molecule has 2 heteroatoms. The summed E-state index contributed by atoms with van der Waals surface area (Å²) in [7, 11) is 0. The van der Waals surface area contributed by atoms with E-state index in [0.29, 0.717) is 0 Å². The number of hydrogen-bond acceptors (Lipinski definition) is 2. The molecule has 74 valence electrons. The van der Waals surface area contributed by atoms with Crippen LogP contribution in [0.15, 0.2) is 11.6 Å². The van der Waals surface area contributed by atoms with Crippen LogP contribution in [0.3, 0.4) is 0 Å². The van der Waals surface area contributed by atoms with Crippen LogP contribution in [0.25, 0.3) is 0 Å². The zero-order chi connectivity index (χ0) is 9.90. The van der Waals surface area contributed by atoms with E-state index >= 15 is 0 Å². The van der Waals surface area contributed by atoms with Gasteiger partial charge in [-0.05, 0) is 25.3 Å². The fourth-order valence-corrected chi connectivity index (χ4v) is 1.90. The zero-order valence-corrected chi connectivity index (χ0v) is 8.67. The molecule has 0 aromatic carbocycles. The number of hydrogen-bond donors (Lipinski definition) is 0. The molecule has 1 atom stereocenters. The molecule has 0 saturated heterocycles. The predicted octanol–water partition coefficient (Wildman–Crippen LogP) is 2.34. The van der Waals surface area contributed by atoms with E-state index in [9.17, 15) is 4.79 Å². The first-order valence-electron chi connectivity index (χ1n) is 4.88. The van der Waals surface area contributed by atoms with Gasteiger partial charge in [0.25, 0.3) is 0 Å². The first kappa shape index (κ1) is 10.5. The van der Waals surface area contributed by atoms with Crippen LogP contribution in [0, 0.1) is 5.41 Å². The third-order valence-corrected chi connectivity index (χ3v) is 2.60. The largest absolute Gasteiger partial charge is 0.378 e. The van der Waals surface area contributed by atoms with Crippen molar-refractivity contribution < 1.29 is 9.53 Å². The van der Waals surface area contributed by atoms with E-state index in [1.165, 1.54) is 0 Å². The van der Waals surface area contributed by atoms with Crippen molar-refractivity contribution in [2.24, 2.45) is 5.41 Å². The van der Waals surface area contributed by atoms with Gasteiger partial charge in [0.15, 0.2) is 0 Å². The van der Waals surface area contributed by atoms with Crippen LogP contribution in [-0.2, 0) is 9.53 Å². The maximum Gasteiger partial charge on any atom is 0.145 e. The van der Waals surface area contributed by atoms with Crippen molar-refractivity contribution in [1.82, 2.24) is 0 Å². The molecule has 0 aliphatic heterocycles. The number of allylic oxidation sites excluding steroid dienone is 1. The van der Waals surface area contributed by atoms with Crippen LogP contribution in [0.5, 0.6) is 0 Å². The van der Waals surface area contributed by atoms with Crippen LogP contribution in [-0.4, -0.2) is 19.0 Å². The SMILES string of the molecule is CCOC1CCC(C=O)=CC1(C)C. The van der Waals surface area contributed by atoms with Gasteiger partial charge in [-0.1, -0.05) is 19.9 Å². The molecule has 0 fully saturated rings. The third-order valence-electron chi connectivity index (χ3n) is 2.60. The van der Waals surface area contributed by atoms with E-state index in [1.54, 1.807) is 0 Å². The maximum absolute atomic E-state index is 10.6. The molecule has 0 spiro atoms. The summed E-state index contributed by atoms with van der Waals surface area (Å²) in [5.74, 6) is 0. The van der Waals surface area contributed by atoms with Gasteiger partial charge in [-0.15, -0.1) is 0 Å². The average Bonchev–Trinajstić information content (AvgIpc) is 2.08. The molecule has 0 amide bonds. The quantitative estimate of drug-likeness (QED) is 0.626. The fourth-order valence-electron chi connectivity index (χ4n) is 1.90. The molecule has 0 aromatic rings. The van der Waals surface area contributed by atoms with E-state index in [4.69, 9.17) is 4.74 Å². The Morgan fingerprint density at radius 1 is 1.69 bits per heavy atom. The summed E-state index contributed by atoms with van der Waals surface area (Å²) in [5.41, 5.74) is 0.922. The van der Waals surface area contributed by atoms with Crippen molar-refractivity contribution in [3.05, 3.63) is 11.6 Å². The normalized spacial score (nSPS) is 26.7. The van der Waals surface area contributed by atoms with Crippen molar-refractivity contribution in [3.63, 3.8) is 0 Å². The number of ether oxygens (including phenoxy) is 1. The van der Waals surface area contributed by atoms with E-state index in [0.717, 1.165) is 31.3 Å².